The first-order valence-electron chi connectivity index (χ1n) is 3.43. The van der Waals surface area contributed by atoms with Crippen LogP contribution in [0.4, 0.5) is 5.69 Å². The molecule has 0 aliphatic heterocycles. The molecule has 1 aromatic carbocycles. The van der Waals surface area contributed by atoms with Gasteiger partial charge < -0.3 is 5.84 Å². The summed E-state index contributed by atoms with van der Waals surface area (Å²) in [5.74, 6) is 5.37. The van der Waals surface area contributed by atoms with Crippen molar-refractivity contribution in [3.63, 3.8) is 0 Å². The van der Waals surface area contributed by atoms with Crippen molar-refractivity contribution in [2.45, 2.75) is 0 Å². The van der Waals surface area contributed by atoms with Crippen LogP contribution in [-0.2, 0) is 0 Å². The third-order valence-corrected chi connectivity index (χ3v) is 1.67. The lowest BCUT2D eigenvalue weighted by molar-refractivity contribution is -0.384. The Morgan fingerprint density at radius 3 is 3.00 bits per heavy atom. The first-order valence-corrected chi connectivity index (χ1v) is 3.43. The summed E-state index contributed by atoms with van der Waals surface area (Å²) in [5, 5.41) is 17.6. The zero-order valence-corrected chi connectivity index (χ0v) is 6.41. The minimum atomic E-state index is -0.494. The van der Waals surface area contributed by atoms with Gasteiger partial charge in [-0.1, -0.05) is 0 Å². The van der Waals surface area contributed by atoms with Crippen LogP contribution in [0.5, 0.6) is 0 Å². The molecule has 7 nitrogen and oxygen atoms in total. The number of fused-ring (bicyclic) bond motifs is 1. The highest BCUT2D eigenvalue weighted by molar-refractivity contribution is 5.76. The number of aromatic nitrogens is 3. The molecule has 66 valence electrons. The summed E-state index contributed by atoms with van der Waals surface area (Å²) in [6, 6.07) is 4.19. The number of nitrogen functional groups attached to an aromatic ring is 1. The van der Waals surface area contributed by atoms with E-state index in [4.69, 9.17) is 5.84 Å². The molecule has 0 saturated heterocycles. The third-order valence-electron chi connectivity index (χ3n) is 1.67. The summed E-state index contributed by atoms with van der Waals surface area (Å²) in [6.45, 7) is 0. The van der Waals surface area contributed by atoms with Crippen LogP contribution in [0.15, 0.2) is 18.2 Å². The molecule has 0 bridgehead atoms. The van der Waals surface area contributed by atoms with Gasteiger partial charge in [0.15, 0.2) is 0 Å². The first-order chi connectivity index (χ1) is 6.18. The second kappa shape index (κ2) is 2.41. The lowest BCUT2D eigenvalue weighted by Gasteiger charge is -1.91. The smallest absolute Gasteiger partial charge is 0.271 e. The maximum Gasteiger partial charge on any atom is 0.271 e. The fourth-order valence-corrected chi connectivity index (χ4v) is 1.04. The van der Waals surface area contributed by atoms with E-state index in [2.05, 4.69) is 10.3 Å². The monoisotopic (exact) mass is 179 g/mol. The van der Waals surface area contributed by atoms with Gasteiger partial charge in [0.1, 0.15) is 11.0 Å². The van der Waals surface area contributed by atoms with Gasteiger partial charge in [0, 0.05) is 12.1 Å². The molecule has 13 heavy (non-hydrogen) atoms. The number of non-ortho nitro benzene ring substituents is 1. The van der Waals surface area contributed by atoms with Crippen molar-refractivity contribution in [1.29, 1.82) is 0 Å². The molecule has 2 rings (SSSR count). The zero-order chi connectivity index (χ0) is 9.42. The number of nitrogens with zero attached hydrogens (tertiary/aromatic N) is 4. The maximum atomic E-state index is 10.4. The van der Waals surface area contributed by atoms with Crippen LogP contribution in [0, 0.1) is 10.1 Å². The molecule has 1 aromatic heterocycles. The standard InChI is InChI=1S/C6H5N5O2/c7-10-6-3-4(11(12)13)1-2-5(6)8-9-10/h1-3H,7H2. The number of rotatable bonds is 1. The van der Waals surface area contributed by atoms with Gasteiger partial charge in [0.2, 0.25) is 0 Å². The van der Waals surface area contributed by atoms with E-state index in [1.807, 2.05) is 0 Å². The zero-order valence-electron chi connectivity index (χ0n) is 6.41. The van der Waals surface area contributed by atoms with Gasteiger partial charge >= 0.3 is 0 Å². The highest BCUT2D eigenvalue weighted by Gasteiger charge is 2.09. The normalized spacial score (nSPS) is 10.5. The molecule has 0 unspecified atom stereocenters. The SMILES string of the molecule is Nn1nnc2ccc([N+](=O)[O-])cc21. The minimum absolute atomic E-state index is 0.0264. The quantitative estimate of drug-likeness (QED) is 0.378. The van der Waals surface area contributed by atoms with Crippen molar-refractivity contribution in [3.05, 3.63) is 28.3 Å². The molecule has 2 aromatic rings. The first kappa shape index (κ1) is 7.47. The molecule has 0 aliphatic carbocycles. The third kappa shape index (κ3) is 1.06. The summed E-state index contributed by atoms with van der Waals surface area (Å²) >= 11 is 0. The molecule has 1 heterocycles. The van der Waals surface area contributed by atoms with Crippen LogP contribution in [0.1, 0.15) is 0 Å². The van der Waals surface area contributed by atoms with Crippen molar-refractivity contribution in [3.8, 4) is 0 Å². The van der Waals surface area contributed by atoms with Crippen LogP contribution < -0.4 is 5.84 Å². The Morgan fingerprint density at radius 1 is 1.54 bits per heavy atom. The van der Waals surface area contributed by atoms with Gasteiger partial charge in [-0.05, 0) is 11.3 Å². The largest absolute Gasteiger partial charge is 0.321 e. The second-order valence-electron chi connectivity index (χ2n) is 2.46. The lowest BCUT2D eigenvalue weighted by Crippen LogP contribution is -2.09. The Kier molecular flexibility index (Phi) is 1.38. The van der Waals surface area contributed by atoms with Crippen molar-refractivity contribution in [2.75, 3.05) is 5.84 Å². The lowest BCUT2D eigenvalue weighted by atomic mass is 10.3. The Hall–Kier alpha value is -2.18. The Bertz CT molecular complexity index is 477. The van der Waals surface area contributed by atoms with Gasteiger partial charge in [-0.3, -0.25) is 10.1 Å². The minimum Gasteiger partial charge on any atom is -0.321 e. The summed E-state index contributed by atoms with van der Waals surface area (Å²) in [6.07, 6.45) is 0. The highest BCUT2D eigenvalue weighted by atomic mass is 16.6. The molecule has 0 saturated carbocycles. The van der Waals surface area contributed by atoms with Crippen molar-refractivity contribution in [2.24, 2.45) is 0 Å². The van der Waals surface area contributed by atoms with E-state index >= 15 is 0 Å². The van der Waals surface area contributed by atoms with Gasteiger partial charge in [-0.15, -0.1) is 5.10 Å². The fraction of sp³-hybridized carbons (Fsp3) is 0. The Morgan fingerprint density at radius 2 is 2.31 bits per heavy atom. The van der Waals surface area contributed by atoms with E-state index in [0.29, 0.717) is 11.0 Å². The average Bonchev–Trinajstić information content (AvgIpc) is 2.47. The summed E-state index contributed by atoms with van der Waals surface area (Å²) in [4.78, 5) is 10.9. The van der Waals surface area contributed by atoms with Crippen molar-refractivity contribution >= 4 is 16.7 Å². The number of nitro groups is 1. The van der Waals surface area contributed by atoms with Crippen LogP contribution in [-0.4, -0.2) is 20.0 Å². The van der Waals surface area contributed by atoms with E-state index < -0.39 is 4.92 Å². The maximum absolute atomic E-state index is 10.4. The molecule has 0 atom stereocenters. The van der Waals surface area contributed by atoms with E-state index in [1.54, 1.807) is 0 Å². The molecule has 0 amide bonds. The van der Waals surface area contributed by atoms with Gasteiger partial charge in [-0.25, -0.2) is 0 Å². The van der Waals surface area contributed by atoms with Crippen molar-refractivity contribution in [1.82, 2.24) is 15.1 Å². The van der Waals surface area contributed by atoms with Crippen LogP contribution in [0.2, 0.25) is 0 Å². The molecule has 0 aliphatic rings. The number of hydrogen-bond acceptors (Lipinski definition) is 5. The molecule has 0 spiro atoms. The van der Waals surface area contributed by atoms with E-state index in [-0.39, 0.29) is 5.69 Å². The van der Waals surface area contributed by atoms with Crippen LogP contribution in [0.25, 0.3) is 11.0 Å². The van der Waals surface area contributed by atoms with E-state index in [9.17, 15) is 10.1 Å². The van der Waals surface area contributed by atoms with Gasteiger partial charge in [0.25, 0.3) is 5.69 Å². The molecule has 7 heteroatoms. The Balaban J connectivity index is 2.72. The second-order valence-corrected chi connectivity index (χ2v) is 2.46. The fourth-order valence-electron chi connectivity index (χ4n) is 1.04. The Labute approximate surface area is 71.9 Å². The van der Waals surface area contributed by atoms with Crippen LogP contribution in [0.3, 0.4) is 0 Å². The topological polar surface area (TPSA) is 99.9 Å². The predicted molar refractivity (Wildman–Crippen MR) is 44.3 cm³/mol. The molecular formula is C6H5N5O2. The van der Waals surface area contributed by atoms with E-state index in [0.717, 1.165) is 4.79 Å². The molecule has 2 N–H and O–H groups in total. The van der Waals surface area contributed by atoms with Gasteiger partial charge in [-0.2, -0.15) is 4.79 Å². The molecule has 0 fully saturated rings. The summed E-state index contributed by atoms with van der Waals surface area (Å²) in [7, 11) is 0. The summed E-state index contributed by atoms with van der Waals surface area (Å²) in [5.41, 5.74) is 0.948. The summed E-state index contributed by atoms with van der Waals surface area (Å²) < 4.78 is 0. The van der Waals surface area contributed by atoms with Crippen molar-refractivity contribution < 1.29 is 4.92 Å². The molecular weight excluding hydrogens is 174 g/mol. The van der Waals surface area contributed by atoms with Crippen LogP contribution >= 0.6 is 0 Å². The number of nitro benzene ring substituents is 1. The molecule has 0 radical (unpaired) electrons. The predicted octanol–water partition coefficient (Wildman–Crippen LogP) is 0.0533. The average molecular weight is 179 g/mol. The highest BCUT2D eigenvalue weighted by Crippen LogP contribution is 2.17. The number of benzene rings is 1. The number of hydrogen-bond donors (Lipinski definition) is 1. The number of nitrogens with two attached hydrogens (primary N) is 1. The van der Waals surface area contributed by atoms with E-state index in [1.165, 1.54) is 18.2 Å². The van der Waals surface area contributed by atoms with Gasteiger partial charge in [0.05, 0.1) is 4.92 Å².